The molecule has 1 aliphatic heterocycles. The molecule has 1 atom stereocenters. The Morgan fingerprint density at radius 3 is 2.70 bits per heavy atom. The van der Waals surface area contributed by atoms with E-state index in [4.69, 9.17) is 9.47 Å². The smallest absolute Gasteiger partial charge is 0.231 e. The molecule has 0 aromatic heterocycles. The second-order valence-corrected chi connectivity index (χ2v) is 4.36. The Morgan fingerprint density at radius 1 is 1.15 bits per heavy atom. The Labute approximate surface area is 114 Å². The second-order valence-electron chi connectivity index (χ2n) is 4.36. The Morgan fingerprint density at radius 2 is 1.90 bits per heavy atom. The van der Waals surface area contributed by atoms with E-state index in [1.807, 2.05) is 0 Å². The molecule has 0 spiro atoms. The van der Waals surface area contributed by atoms with E-state index in [9.17, 15) is 14.3 Å². The molecular formula is C15H11FO4. The maximum Gasteiger partial charge on any atom is 0.231 e. The van der Waals surface area contributed by atoms with Gasteiger partial charge < -0.3 is 14.6 Å². The van der Waals surface area contributed by atoms with Gasteiger partial charge in [0.2, 0.25) is 6.79 Å². The highest BCUT2D eigenvalue weighted by molar-refractivity contribution is 6.00. The first-order chi connectivity index (χ1) is 9.66. The lowest BCUT2D eigenvalue weighted by atomic mass is 9.99. The molecule has 0 saturated heterocycles. The van der Waals surface area contributed by atoms with Gasteiger partial charge in [-0.25, -0.2) is 4.39 Å². The Kier molecular flexibility index (Phi) is 3.12. The Bertz CT molecular complexity index is 669. The number of halogens is 1. The fourth-order valence-electron chi connectivity index (χ4n) is 2.05. The van der Waals surface area contributed by atoms with Crippen molar-refractivity contribution in [2.75, 3.05) is 6.79 Å². The normalized spacial score (nSPS) is 14.1. The van der Waals surface area contributed by atoms with Crippen LogP contribution in [-0.2, 0) is 0 Å². The van der Waals surface area contributed by atoms with Crippen LogP contribution in [0.5, 0.6) is 11.5 Å². The summed E-state index contributed by atoms with van der Waals surface area (Å²) in [5.74, 6) is -0.221. The van der Waals surface area contributed by atoms with Crippen LogP contribution in [-0.4, -0.2) is 17.7 Å². The van der Waals surface area contributed by atoms with Crippen LogP contribution in [0.4, 0.5) is 4.39 Å². The summed E-state index contributed by atoms with van der Waals surface area (Å²) in [7, 11) is 0. The van der Waals surface area contributed by atoms with Crippen LogP contribution < -0.4 is 9.47 Å². The Balaban J connectivity index is 1.91. The van der Waals surface area contributed by atoms with Crippen molar-refractivity contribution in [3.63, 3.8) is 0 Å². The van der Waals surface area contributed by atoms with Gasteiger partial charge in [0, 0.05) is 11.1 Å². The number of Topliss-reactive ketones (excluding diaryl/α,β-unsaturated/α-hetero) is 1. The lowest BCUT2D eigenvalue weighted by molar-refractivity contribution is 0.0740. The van der Waals surface area contributed by atoms with E-state index in [0.29, 0.717) is 11.5 Å². The van der Waals surface area contributed by atoms with Gasteiger partial charge in [0.25, 0.3) is 0 Å². The van der Waals surface area contributed by atoms with Gasteiger partial charge in [-0.1, -0.05) is 18.2 Å². The van der Waals surface area contributed by atoms with Crippen molar-refractivity contribution >= 4 is 5.78 Å². The zero-order valence-electron chi connectivity index (χ0n) is 10.4. The van der Waals surface area contributed by atoms with E-state index in [2.05, 4.69) is 0 Å². The number of ether oxygens (including phenoxy) is 2. The summed E-state index contributed by atoms with van der Waals surface area (Å²) in [6.07, 6.45) is -1.54. The van der Waals surface area contributed by atoms with Gasteiger partial charge >= 0.3 is 0 Å². The molecule has 0 aliphatic carbocycles. The molecule has 0 bridgehead atoms. The molecule has 3 rings (SSSR count). The highest BCUT2D eigenvalue weighted by Gasteiger charge is 2.24. The monoisotopic (exact) mass is 274 g/mol. The summed E-state index contributed by atoms with van der Waals surface area (Å²) in [4.78, 5) is 12.2. The summed E-state index contributed by atoms with van der Waals surface area (Å²) in [6, 6.07) is 10.2. The van der Waals surface area contributed by atoms with Crippen LogP contribution in [0, 0.1) is 5.82 Å². The number of rotatable bonds is 3. The number of benzene rings is 2. The summed E-state index contributed by atoms with van der Waals surface area (Å²) in [5, 5.41) is 10.0. The van der Waals surface area contributed by atoms with Gasteiger partial charge in [-0.3, -0.25) is 4.79 Å². The molecule has 0 fully saturated rings. The highest BCUT2D eigenvalue weighted by atomic mass is 19.1. The fraction of sp³-hybridized carbons (Fsp3) is 0.133. The van der Waals surface area contributed by atoms with Crippen molar-refractivity contribution in [3.05, 3.63) is 59.4 Å². The molecule has 1 heterocycles. The van der Waals surface area contributed by atoms with Crippen molar-refractivity contribution in [3.8, 4) is 11.5 Å². The fourth-order valence-corrected chi connectivity index (χ4v) is 2.05. The molecule has 0 radical (unpaired) electrons. The van der Waals surface area contributed by atoms with Gasteiger partial charge in [-0.2, -0.15) is 0 Å². The highest BCUT2D eigenvalue weighted by Crippen LogP contribution is 2.33. The van der Waals surface area contributed by atoms with Crippen LogP contribution in [0.2, 0.25) is 0 Å². The lowest BCUT2D eigenvalue weighted by Gasteiger charge is -2.11. The molecule has 102 valence electrons. The maximum atomic E-state index is 13.6. The number of aliphatic hydroxyl groups is 1. The number of carbonyl (C=O) groups is 1. The zero-order valence-corrected chi connectivity index (χ0v) is 10.4. The average Bonchev–Trinajstić information content (AvgIpc) is 2.93. The molecule has 0 saturated carbocycles. The molecule has 1 unspecified atom stereocenters. The van der Waals surface area contributed by atoms with Gasteiger partial charge in [-0.05, 0) is 24.3 Å². The molecule has 2 aromatic rings. The number of fused-ring (bicyclic) bond motifs is 1. The van der Waals surface area contributed by atoms with E-state index in [0.717, 1.165) is 0 Å². The molecule has 0 amide bonds. The van der Waals surface area contributed by atoms with Crippen LogP contribution in [0.1, 0.15) is 22.0 Å². The third kappa shape index (κ3) is 2.12. The first-order valence-electron chi connectivity index (χ1n) is 6.03. The first kappa shape index (κ1) is 12.6. The summed E-state index contributed by atoms with van der Waals surface area (Å²) >= 11 is 0. The predicted octanol–water partition coefficient (Wildman–Crippen LogP) is 2.47. The second kappa shape index (κ2) is 4.94. The van der Waals surface area contributed by atoms with Gasteiger partial charge in [0.1, 0.15) is 11.9 Å². The lowest BCUT2D eigenvalue weighted by Crippen LogP contribution is -2.13. The topological polar surface area (TPSA) is 55.8 Å². The summed E-state index contributed by atoms with van der Waals surface area (Å²) < 4.78 is 23.9. The molecule has 5 heteroatoms. The predicted molar refractivity (Wildman–Crippen MR) is 68.3 cm³/mol. The maximum absolute atomic E-state index is 13.6. The largest absolute Gasteiger partial charge is 0.454 e. The van der Waals surface area contributed by atoms with Crippen molar-refractivity contribution in [2.45, 2.75) is 6.10 Å². The molecule has 4 nitrogen and oxygen atoms in total. The number of ketones is 1. The van der Waals surface area contributed by atoms with E-state index in [1.165, 1.54) is 30.3 Å². The average molecular weight is 274 g/mol. The van der Waals surface area contributed by atoms with Crippen LogP contribution in [0.3, 0.4) is 0 Å². The van der Waals surface area contributed by atoms with E-state index in [-0.39, 0.29) is 17.9 Å². The number of hydrogen-bond donors (Lipinski definition) is 1. The minimum Gasteiger partial charge on any atom is -0.454 e. The van der Waals surface area contributed by atoms with Gasteiger partial charge in [0.05, 0.1) is 0 Å². The molecular weight excluding hydrogens is 263 g/mol. The summed E-state index contributed by atoms with van der Waals surface area (Å²) in [5.41, 5.74) is 0.195. The standard InChI is InChI=1S/C15H11FO4/c16-11-4-2-1-3-10(11)15(18)14(17)9-5-6-12-13(7-9)20-8-19-12/h1-7,15,18H,8H2. The minimum absolute atomic E-state index is 0.0461. The van der Waals surface area contributed by atoms with E-state index >= 15 is 0 Å². The van der Waals surface area contributed by atoms with Crippen LogP contribution >= 0.6 is 0 Å². The van der Waals surface area contributed by atoms with Crippen molar-refractivity contribution in [1.82, 2.24) is 0 Å². The number of carbonyl (C=O) groups excluding carboxylic acids is 1. The van der Waals surface area contributed by atoms with Gasteiger partial charge in [0.15, 0.2) is 17.3 Å². The van der Waals surface area contributed by atoms with Crippen molar-refractivity contribution in [1.29, 1.82) is 0 Å². The number of aliphatic hydroxyl groups excluding tert-OH is 1. The van der Waals surface area contributed by atoms with Crippen molar-refractivity contribution in [2.24, 2.45) is 0 Å². The van der Waals surface area contributed by atoms with Gasteiger partial charge in [-0.15, -0.1) is 0 Å². The molecule has 1 aliphatic rings. The number of hydrogen-bond acceptors (Lipinski definition) is 4. The SMILES string of the molecule is O=C(c1ccc2c(c1)OCO2)C(O)c1ccccc1F. The Hall–Kier alpha value is -2.40. The van der Waals surface area contributed by atoms with Crippen molar-refractivity contribution < 1.29 is 23.8 Å². The minimum atomic E-state index is -1.54. The third-order valence-electron chi connectivity index (χ3n) is 3.11. The quantitative estimate of drug-likeness (QED) is 0.874. The molecule has 20 heavy (non-hydrogen) atoms. The summed E-state index contributed by atoms with van der Waals surface area (Å²) in [6.45, 7) is 0.100. The van der Waals surface area contributed by atoms with Crippen LogP contribution in [0.25, 0.3) is 0 Å². The van der Waals surface area contributed by atoms with Crippen LogP contribution in [0.15, 0.2) is 42.5 Å². The zero-order chi connectivity index (χ0) is 14.1. The first-order valence-corrected chi connectivity index (χ1v) is 6.03. The van der Waals surface area contributed by atoms with E-state index < -0.39 is 17.7 Å². The molecule has 2 aromatic carbocycles. The van der Waals surface area contributed by atoms with E-state index in [1.54, 1.807) is 12.1 Å². The third-order valence-corrected chi connectivity index (χ3v) is 3.11. The molecule has 1 N–H and O–H groups in total.